The summed E-state index contributed by atoms with van der Waals surface area (Å²) < 4.78 is 13.8. The van der Waals surface area contributed by atoms with E-state index in [1.54, 1.807) is 26.1 Å². The second-order valence-corrected chi connectivity index (χ2v) is 7.72. The molecule has 0 bridgehead atoms. The van der Waals surface area contributed by atoms with Gasteiger partial charge in [-0.15, -0.1) is 5.10 Å². The molecule has 2 aromatic carbocycles. The summed E-state index contributed by atoms with van der Waals surface area (Å²) in [4.78, 5) is 16.2. The highest BCUT2D eigenvalue weighted by Gasteiger charge is 2.21. The van der Waals surface area contributed by atoms with Crippen molar-refractivity contribution in [1.82, 2.24) is 20.2 Å². The van der Waals surface area contributed by atoms with E-state index in [0.717, 1.165) is 30.6 Å². The third kappa shape index (κ3) is 4.01. The van der Waals surface area contributed by atoms with Gasteiger partial charge >= 0.3 is 0 Å². The molecule has 0 spiro atoms. The van der Waals surface area contributed by atoms with E-state index in [1.807, 2.05) is 24.3 Å². The van der Waals surface area contributed by atoms with Crippen molar-refractivity contribution in [1.29, 1.82) is 0 Å². The first-order valence-electron chi connectivity index (χ1n) is 9.97. The molecular weight excluding hydrogens is 381 g/mol. The first-order chi connectivity index (χ1) is 14.4. The molecule has 2 heterocycles. The molecule has 0 aliphatic carbocycles. The number of anilines is 1. The Balaban J connectivity index is 1.50. The average molecular weight is 405 g/mol. The molecule has 0 saturated carbocycles. The van der Waals surface area contributed by atoms with E-state index < -0.39 is 0 Å². The molecule has 0 amide bonds. The first kappa shape index (κ1) is 19.9. The highest BCUT2D eigenvalue weighted by molar-refractivity contribution is 5.98. The van der Waals surface area contributed by atoms with Crippen LogP contribution in [-0.2, 0) is 13.5 Å². The van der Waals surface area contributed by atoms with Crippen LogP contribution in [-0.4, -0.2) is 39.1 Å². The molecule has 1 aliphatic rings. The quantitative estimate of drug-likeness (QED) is 0.605. The maximum absolute atomic E-state index is 13.8. The Bertz CT molecular complexity index is 1120. The van der Waals surface area contributed by atoms with E-state index in [9.17, 15) is 9.18 Å². The molecule has 0 atom stereocenters. The SMILES string of the molecule is CC1=C(c2ccc(CC(=O)c3cccc(F)c3C)cc2)CN(c2nnn(C)n2)CC1. The van der Waals surface area contributed by atoms with Crippen LogP contribution in [0.5, 0.6) is 0 Å². The Morgan fingerprint density at radius 2 is 1.90 bits per heavy atom. The van der Waals surface area contributed by atoms with Gasteiger partial charge in [-0.1, -0.05) is 47.1 Å². The van der Waals surface area contributed by atoms with Gasteiger partial charge in [-0.3, -0.25) is 4.79 Å². The predicted molar refractivity (Wildman–Crippen MR) is 114 cm³/mol. The van der Waals surface area contributed by atoms with Gasteiger partial charge in [0.15, 0.2) is 5.78 Å². The number of halogens is 1. The molecule has 4 rings (SSSR count). The summed E-state index contributed by atoms with van der Waals surface area (Å²) in [5, 5.41) is 12.4. The predicted octanol–water partition coefficient (Wildman–Crippen LogP) is 3.77. The minimum atomic E-state index is -0.349. The molecule has 6 nitrogen and oxygen atoms in total. The van der Waals surface area contributed by atoms with Crippen LogP contribution < -0.4 is 4.90 Å². The number of ketones is 1. The lowest BCUT2D eigenvalue weighted by Gasteiger charge is -2.29. The summed E-state index contributed by atoms with van der Waals surface area (Å²) >= 11 is 0. The second-order valence-electron chi connectivity index (χ2n) is 7.72. The first-order valence-corrected chi connectivity index (χ1v) is 9.97. The standard InChI is InChI=1S/C23H24FN5O/c1-15-11-12-29(23-25-27-28(3)26-23)14-20(15)18-9-7-17(8-10-18)13-22(30)19-5-4-6-21(24)16(19)2/h4-10H,11-14H2,1-3H3. The van der Waals surface area contributed by atoms with Crippen molar-refractivity contribution in [3.05, 3.63) is 76.1 Å². The minimum Gasteiger partial charge on any atom is -0.334 e. The third-order valence-electron chi connectivity index (χ3n) is 5.64. The van der Waals surface area contributed by atoms with Gasteiger partial charge in [0.25, 0.3) is 5.95 Å². The number of benzene rings is 2. The normalized spacial score (nSPS) is 14.3. The number of nitrogens with zero attached hydrogens (tertiary/aromatic N) is 5. The van der Waals surface area contributed by atoms with Gasteiger partial charge in [-0.2, -0.15) is 4.80 Å². The maximum Gasteiger partial charge on any atom is 0.266 e. The van der Waals surface area contributed by atoms with Crippen LogP contribution in [0.1, 0.15) is 40.4 Å². The molecule has 3 aromatic rings. The van der Waals surface area contributed by atoms with Crippen molar-refractivity contribution in [3.63, 3.8) is 0 Å². The molecule has 0 unspecified atom stereocenters. The lowest BCUT2D eigenvalue weighted by Crippen LogP contribution is -2.31. The molecule has 154 valence electrons. The summed E-state index contributed by atoms with van der Waals surface area (Å²) in [5.41, 5.74) is 5.46. The van der Waals surface area contributed by atoms with Crippen LogP contribution in [0.4, 0.5) is 10.3 Å². The summed E-state index contributed by atoms with van der Waals surface area (Å²) in [6.07, 6.45) is 1.19. The van der Waals surface area contributed by atoms with Gasteiger partial charge in [-0.05, 0) is 53.8 Å². The zero-order valence-electron chi connectivity index (χ0n) is 17.4. The average Bonchev–Trinajstić information content (AvgIpc) is 3.17. The fourth-order valence-corrected chi connectivity index (χ4v) is 3.78. The molecule has 0 radical (unpaired) electrons. The van der Waals surface area contributed by atoms with Crippen LogP contribution in [0.25, 0.3) is 5.57 Å². The highest BCUT2D eigenvalue weighted by Crippen LogP contribution is 2.28. The van der Waals surface area contributed by atoms with E-state index in [2.05, 4.69) is 27.2 Å². The van der Waals surface area contributed by atoms with E-state index in [1.165, 1.54) is 22.0 Å². The van der Waals surface area contributed by atoms with Crippen LogP contribution in [0.15, 0.2) is 48.0 Å². The van der Waals surface area contributed by atoms with Gasteiger partial charge in [-0.25, -0.2) is 4.39 Å². The van der Waals surface area contributed by atoms with Gasteiger partial charge in [0.2, 0.25) is 0 Å². The zero-order chi connectivity index (χ0) is 21.3. The van der Waals surface area contributed by atoms with Gasteiger partial charge < -0.3 is 4.90 Å². The van der Waals surface area contributed by atoms with Crippen LogP contribution in [0.3, 0.4) is 0 Å². The molecule has 1 aliphatic heterocycles. The topological polar surface area (TPSA) is 63.9 Å². The number of hydrogen-bond donors (Lipinski definition) is 0. The monoisotopic (exact) mass is 405 g/mol. The molecule has 0 fully saturated rings. The third-order valence-corrected chi connectivity index (χ3v) is 5.64. The Hall–Kier alpha value is -3.35. The van der Waals surface area contributed by atoms with Crippen molar-refractivity contribution < 1.29 is 9.18 Å². The maximum atomic E-state index is 13.8. The lowest BCUT2D eigenvalue weighted by atomic mass is 9.93. The van der Waals surface area contributed by atoms with Gasteiger partial charge in [0.1, 0.15) is 5.82 Å². The number of tetrazole rings is 1. The van der Waals surface area contributed by atoms with E-state index in [-0.39, 0.29) is 18.0 Å². The summed E-state index contributed by atoms with van der Waals surface area (Å²) in [7, 11) is 1.76. The second kappa shape index (κ2) is 8.18. The molecule has 0 N–H and O–H groups in total. The lowest BCUT2D eigenvalue weighted by molar-refractivity contribution is 0.0992. The molecular formula is C23H24FN5O. The van der Waals surface area contributed by atoms with Gasteiger partial charge in [0.05, 0.1) is 7.05 Å². The summed E-state index contributed by atoms with van der Waals surface area (Å²) in [6.45, 7) is 5.38. The number of carbonyl (C=O) groups excluding carboxylic acids is 1. The largest absolute Gasteiger partial charge is 0.334 e. The Morgan fingerprint density at radius 1 is 1.13 bits per heavy atom. The van der Waals surface area contributed by atoms with Gasteiger partial charge in [0, 0.05) is 25.1 Å². The number of aromatic nitrogens is 4. The van der Waals surface area contributed by atoms with Crippen molar-refractivity contribution >= 4 is 17.3 Å². The molecule has 7 heteroatoms. The van der Waals surface area contributed by atoms with Crippen molar-refractivity contribution in [3.8, 4) is 0 Å². The fourth-order valence-electron chi connectivity index (χ4n) is 3.78. The van der Waals surface area contributed by atoms with Crippen molar-refractivity contribution in [2.75, 3.05) is 18.0 Å². The minimum absolute atomic E-state index is 0.0762. The Morgan fingerprint density at radius 3 is 2.60 bits per heavy atom. The summed E-state index contributed by atoms with van der Waals surface area (Å²) in [6, 6.07) is 12.7. The number of Topliss-reactive ketones (excluding diaryl/α,β-unsaturated/α-hetero) is 1. The van der Waals surface area contributed by atoms with Crippen molar-refractivity contribution in [2.45, 2.75) is 26.7 Å². The van der Waals surface area contributed by atoms with Crippen molar-refractivity contribution in [2.24, 2.45) is 7.05 Å². The number of aryl methyl sites for hydroxylation is 1. The van der Waals surface area contributed by atoms with E-state index >= 15 is 0 Å². The van der Waals surface area contributed by atoms with Crippen LogP contribution in [0.2, 0.25) is 0 Å². The fraction of sp³-hybridized carbons (Fsp3) is 0.304. The van der Waals surface area contributed by atoms with Crippen LogP contribution in [0, 0.1) is 12.7 Å². The van der Waals surface area contributed by atoms with Crippen LogP contribution >= 0.6 is 0 Å². The summed E-state index contributed by atoms with van der Waals surface area (Å²) in [5.74, 6) is 0.209. The number of rotatable bonds is 5. The smallest absolute Gasteiger partial charge is 0.266 e. The Kier molecular flexibility index (Phi) is 5.44. The van der Waals surface area contributed by atoms with E-state index in [0.29, 0.717) is 17.1 Å². The molecule has 1 aromatic heterocycles. The number of hydrogen-bond acceptors (Lipinski definition) is 5. The zero-order valence-corrected chi connectivity index (χ0v) is 17.4. The van der Waals surface area contributed by atoms with E-state index in [4.69, 9.17) is 0 Å². The number of carbonyl (C=O) groups is 1. The Labute approximate surface area is 175 Å². The highest BCUT2D eigenvalue weighted by atomic mass is 19.1. The molecule has 0 saturated heterocycles. The molecule has 30 heavy (non-hydrogen) atoms.